The molecule has 2 unspecified atom stereocenters. The van der Waals surface area contributed by atoms with Crippen molar-refractivity contribution in [3.63, 3.8) is 0 Å². The SMILES string of the molecule is CC1=NC(c2ccccn2)C(F)(C(=O)N2C[C@H]3C[C@@H](Nc4ccc(C(F)(F)F)cn4)[C@@H]2C3)C=C1. The number of piperidine rings is 1. The quantitative estimate of drug-likeness (QED) is 0.670. The van der Waals surface area contributed by atoms with Gasteiger partial charge in [0.2, 0.25) is 5.67 Å². The number of allylic oxidation sites excluding steroid dienone is 1. The van der Waals surface area contributed by atoms with Crippen molar-refractivity contribution >= 4 is 17.4 Å². The smallest absolute Gasteiger partial charge is 0.365 e. The third-order valence-electron chi connectivity index (χ3n) is 6.76. The maximum atomic E-state index is 16.4. The van der Waals surface area contributed by atoms with E-state index in [-0.39, 0.29) is 23.8 Å². The van der Waals surface area contributed by atoms with Crippen LogP contribution in [0.25, 0.3) is 0 Å². The van der Waals surface area contributed by atoms with E-state index in [0.717, 1.165) is 18.7 Å². The average Bonchev–Trinajstić information content (AvgIpc) is 3.41. The monoisotopic (exact) mass is 473 g/mol. The minimum absolute atomic E-state index is 0.176. The number of aromatic nitrogens is 2. The lowest BCUT2D eigenvalue weighted by Crippen LogP contribution is -2.55. The number of anilines is 1. The molecule has 0 spiro atoms. The van der Waals surface area contributed by atoms with Gasteiger partial charge in [-0.3, -0.25) is 14.8 Å². The van der Waals surface area contributed by atoms with Crippen molar-refractivity contribution in [2.24, 2.45) is 10.9 Å². The summed E-state index contributed by atoms with van der Waals surface area (Å²) in [6.07, 6.45) is 2.05. The Hall–Kier alpha value is -3.30. The van der Waals surface area contributed by atoms with Crippen molar-refractivity contribution in [3.8, 4) is 0 Å². The fourth-order valence-corrected chi connectivity index (χ4v) is 5.15. The molecule has 0 aromatic carbocycles. The molecule has 1 amide bonds. The lowest BCUT2D eigenvalue weighted by molar-refractivity contribution is -0.144. The van der Waals surface area contributed by atoms with E-state index in [0.29, 0.717) is 24.4 Å². The number of carbonyl (C=O) groups excluding carboxylic acids is 1. The minimum atomic E-state index is -4.46. The molecule has 5 rings (SSSR count). The predicted molar refractivity (Wildman–Crippen MR) is 118 cm³/mol. The molecular weight excluding hydrogens is 450 g/mol. The Kier molecular flexibility index (Phi) is 5.41. The van der Waals surface area contributed by atoms with E-state index in [1.54, 1.807) is 30.0 Å². The van der Waals surface area contributed by atoms with E-state index < -0.39 is 29.4 Å². The number of nitrogens with zero attached hydrogens (tertiary/aromatic N) is 4. The first kappa shape index (κ1) is 22.5. The van der Waals surface area contributed by atoms with Gasteiger partial charge in [0.25, 0.3) is 5.91 Å². The van der Waals surface area contributed by atoms with Gasteiger partial charge in [0, 0.05) is 30.7 Å². The summed E-state index contributed by atoms with van der Waals surface area (Å²) in [6, 6.07) is 5.72. The zero-order valence-corrected chi connectivity index (χ0v) is 18.3. The van der Waals surface area contributed by atoms with Gasteiger partial charge in [-0.05, 0) is 62.1 Å². The number of carbonyl (C=O) groups is 1. The second-order valence-corrected chi connectivity index (χ2v) is 9.07. The number of rotatable bonds is 4. The lowest BCUT2D eigenvalue weighted by atomic mass is 9.88. The molecular formula is C24H23F4N5O. The molecule has 2 aromatic heterocycles. The number of halogens is 4. The van der Waals surface area contributed by atoms with Gasteiger partial charge in [-0.15, -0.1) is 0 Å². The highest BCUT2D eigenvalue weighted by atomic mass is 19.4. The average molecular weight is 473 g/mol. The molecule has 1 saturated heterocycles. The molecule has 34 heavy (non-hydrogen) atoms. The van der Waals surface area contributed by atoms with Crippen LogP contribution in [0.15, 0.2) is 59.9 Å². The van der Waals surface area contributed by atoms with Crippen LogP contribution in [0.4, 0.5) is 23.4 Å². The molecule has 2 aliphatic heterocycles. The summed E-state index contributed by atoms with van der Waals surface area (Å²) in [4.78, 5) is 27.7. The normalized spacial score (nSPS) is 30.4. The summed E-state index contributed by atoms with van der Waals surface area (Å²) in [7, 11) is 0. The summed E-state index contributed by atoms with van der Waals surface area (Å²) < 4.78 is 54.9. The first-order valence-electron chi connectivity index (χ1n) is 11.1. The number of hydrogen-bond acceptors (Lipinski definition) is 5. The highest BCUT2D eigenvalue weighted by molar-refractivity contribution is 5.98. The van der Waals surface area contributed by atoms with Gasteiger partial charge in [0.15, 0.2) is 0 Å². The molecule has 0 radical (unpaired) electrons. The standard InChI is InChI=1S/C24H23F4N5O/c1-14-7-8-23(25,21(31-14)17-4-2-3-9-29-17)22(34)33-13-15-10-18(19(33)11-15)32-20-6-5-16(12-30-20)24(26,27)28/h2-9,12,15,18-19,21H,10-11,13H2,1H3,(H,30,32)/t15-,18+,19-,21?,23?/m0/s1. The van der Waals surface area contributed by atoms with Crippen molar-refractivity contribution < 1.29 is 22.4 Å². The van der Waals surface area contributed by atoms with E-state index in [9.17, 15) is 18.0 Å². The van der Waals surface area contributed by atoms with Gasteiger partial charge in [0.1, 0.15) is 11.9 Å². The van der Waals surface area contributed by atoms with E-state index >= 15 is 4.39 Å². The number of amides is 1. The molecule has 6 nitrogen and oxygen atoms in total. The molecule has 4 heterocycles. The van der Waals surface area contributed by atoms with E-state index in [1.165, 1.54) is 24.4 Å². The van der Waals surface area contributed by atoms with Gasteiger partial charge < -0.3 is 10.2 Å². The number of alkyl halides is 4. The van der Waals surface area contributed by atoms with Crippen LogP contribution in [0.2, 0.25) is 0 Å². The topological polar surface area (TPSA) is 70.5 Å². The van der Waals surface area contributed by atoms with Crippen LogP contribution >= 0.6 is 0 Å². The summed E-state index contributed by atoms with van der Waals surface area (Å²) in [5, 5.41) is 3.15. The molecule has 1 aliphatic carbocycles. The van der Waals surface area contributed by atoms with Crippen LogP contribution in [0.1, 0.15) is 37.1 Å². The van der Waals surface area contributed by atoms with Crippen LogP contribution in [0.5, 0.6) is 0 Å². The molecule has 2 fully saturated rings. The Morgan fingerprint density at radius 3 is 2.65 bits per heavy atom. The maximum absolute atomic E-state index is 16.4. The third-order valence-corrected chi connectivity index (χ3v) is 6.76. The minimum Gasteiger partial charge on any atom is -0.365 e. The number of aliphatic imine (C=N–C) groups is 1. The summed E-state index contributed by atoms with van der Waals surface area (Å²) in [5.74, 6) is -0.206. The van der Waals surface area contributed by atoms with Gasteiger partial charge in [-0.2, -0.15) is 13.2 Å². The first-order valence-corrected chi connectivity index (χ1v) is 11.1. The maximum Gasteiger partial charge on any atom is 0.417 e. The third kappa shape index (κ3) is 3.95. The van der Waals surface area contributed by atoms with Crippen LogP contribution in [0, 0.1) is 5.92 Å². The Labute approximate surface area is 193 Å². The van der Waals surface area contributed by atoms with E-state index in [2.05, 4.69) is 20.3 Å². The largest absolute Gasteiger partial charge is 0.417 e. The van der Waals surface area contributed by atoms with Gasteiger partial charge >= 0.3 is 6.18 Å². The Morgan fingerprint density at radius 2 is 2.00 bits per heavy atom. The van der Waals surface area contributed by atoms with Crippen molar-refractivity contribution in [1.82, 2.24) is 14.9 Å². The number of pyridine rings is 2. The Balaban J connectivity index is 1.36. The fraction of sp³-hybridized carbons (Fsp3) is 0.417. The zero-order chi connectivity index (χ0) is 24.1. The second-order valence-electron chi connectivity index (χ2n) is 9.07. The van der Waals surface area contributed by atoms with Crippen molar-refractivity contribution in [1.29, 1.82) is 0 Å². The van der Waals surface area contributed by atoms with Crippen LogP contribution < -0.4 is 5.32 Å². The molecule has 3 aliphatic rings. The summed E-state index contributed by atoms with van der Waals surface area (Å²) in [5.41, 5.74) is -2.24. The summed E-state index contributed by atoms with van der Waals surface area (Å²) >= 11 is 0. The molecule has 10 heteroatoms. The van der Waals surface area contributed by atoms with Crippen molar-refractivity contribution in [2.45, 2.75) is 49.7 Å². The van der Waals surface area contributed by atoms with Gasteiger partial charge in [0.05, 0.1) is 17.3 Å². The van der Waals surface area contributed by atoms with Crippen molar-refractivity contribution in [2.75, 3.05) is 11.9 Å². The lowest BCUT2D eigenvalue weighted by Gasteiger charge is -2.39. The molecule has 2 bridgehead atoms. The number of fused-ring (bicyclic) bond motifs is 2. The first-order chi connectivity index (χ1) is 16.1. The number of dihydropyridines is 1. The molecule has 5 atom stereocenters. The molecule has 1 N–H and O–H groups in total. The number of likely N-dealkylation sites (tertiary alicyclic amines) is 1. The van der Waals surface area contributed by atoms with Gasteiger partial charge in [-0.25, -0.2) is 9.37 Å². The Bertz CT molecular complexity index is 1130. The fourth-order valence-electron chi connectivity index (χ4n) is 5.15. The van der Waals surface area contributed by atoms with Crippen LogP contribution in [0.3, 0.4) is 0 Å². The van der Waals surface area contributed by atoms with Crippen LogP contribution in [-0.2, 0) is 11.0 Å². The number of nitrogens with one attached hydrogen (secondary N) is 1. The van der Waals surface area contributed by atoms with E-state index in [1.807, 2.05) is 0 Å². The van der Waals surface area contributed by atoms with Crippen LogP contribution in [-0.4, -0.2) is 50.8 Å². The second kappa shape index (κ2) is 8.18. The van der Waals surface area contributed by atoms with E-state index in [4.69, 9.17) is 0 Å². The summed E-state index contributed by atoms with van der Waals surface area (Å²) in [6.45, 7) is 2.17. The molecule has 178 valence electrons. The predicted octanol–water partition coefficient (Wildman–Crippen LogP) is 4.38. The Morgan fingerprint density at radius 1 is 1.18 bits per heavy atom. The highest BCUT2D eigenvalue weighted by Gasteiger charge is 2.55. The molecule has 1 saturated carbocycles. The van der Waals surface area contributed by atoms with Gasteiger partial charge in [-0.1, -0.05) is 6.07 Å². The highest BCUT2D eigenvalue weighted by Crippen LogP contribution is 2.44. The zero-order valence-electron chi connectivity index (χ0n) is 18.3. The van der Waals surface area contributed by atoms with Crippen molar-refractivity contribution in [3.05, 3.63) is 66.1 Å². The number of hydrogen-bond donors (Lipinski definition) is 1. The molecule has 2 aromatic rings.